The lowest BCUT2D eigenvalue weighted by molar-refractivity contribution is 0.403. The third kappa shape index (κ3) is 5.25. The summed E-state index contributed by atoms with van der Waals surface area (Å²) in [6, 6.07) is 9.70. The van der Waals surface area contributed by atoms with E-state index in [0.29, 0.717) is 41.0 Å². The Morgan fingerprint density at radius 3 is 2.62 bits per heavy atom. The molecule has 3 N–H and O–H groups in total. The number of piperazine rings is 1. The number of nitrogens with one attached hydrogen (secondary N) is 3. The van der Waals surface area contributed by atoms with Gasteiger partial charge in [0, 0.05) is 41.5 Å². The zero-order chi connectivity index (χ0) is 22.7. The predicted molar refractivity (Wildman–Crippen MR) is 128 cm³/mol. The van der Waals surface area contributed by atoms with Crippen LogP contribution >= 0.6 is 15.9 Å². The number of hydrogen-bond donors (Lipinski definition) is 3. The Kier molecular flexibility index (Phi) is 6.71. The van der Waals surface area contributed by atoms with E-state index in [9.17, 15) is 4.39 Å². The molecule has 3 heterocycles. The second-order valence-corrected chi connectivity index (χ2v) is 8.68. The van der Waals surface area contributed by atoms with E-state index >= 15 is 0 Å². The van der Waals surface area contributed by atoms with Gasteiger partial charge >= 0.3 is 0 Å². The number of hydrogen-bond acceptors (Lipinski definition) is 8. The number of rotatable bonds is 6. The van der Waals surface area contributed by atoms with Crippen LogP contribution in [0.15, 0.2) is 47.2 Å². The number of methoxy groups -OCH3 is 1. The van der Waals surface area contributed by atoms with Gasteiger partial charge in [0.2, 0.25) is 5.95 Å². The van der Waals surface area contributed by atoms with Gasteiger partial charge in [-0.25, -0.2) is 14.4 Å². The highest BCUT2D eigenvalue weighted by Gasteiger charge is 2.23. The summed E-state index contributed by atoms with van der Waals surface area (Å²) in [6.07, 6.45) is 2.90. The molecule has 4 rings (SSSR count). The number of halogens is 2. The number of ether oxygens (including phenoxy) is 1. The Morgan fingerprint density at radius 2 is 1.91 bits per heavy atom. The minimum Gasteiger partial charge on any atom is -0.495 e. The maximum atomic E-state index is 14.5. The van der Waals surface area contributed by atoms with Gasteiger partial charge in [-0.05, 0) is 44.2 Å². The van der Waals surface area contributed by atoms with E-state index in [1.54, 1.807) is 25.4 Å². The zero-order valence-corrected chi connectivity index (χ0v) is 19.6. The molecule has 8 nitrogen and oxygen atoms in total. The highest BCUT2D eigenvalue weighted by atomic mass is 79.9. The van der Waals surface area contributed by atoms with Gasteiger partial charge in [-0.3, -0.25) is 0 Å². The van der Waals surface area contributed by atoms with Gasteiger partial charge in [0.15, 0.2) is 11.6 Å². The maximum absolute atomic E-state index is 14.5. The summed E-state index contributed by atoms with van der Waals surface area (Å²) in [4.78, 5) is 15.0. The smallest absolute Gasteiger partial charge is 0.227 e. The summed E-state index contributed by atoms with van der Waals surface area (Å²) in [6.45, 7) is 5.73. The Labute approximate surface area is 194 Å². The van der Waals surface area contributed by atoms with Gasteiger partial charge in [0.1, 0.15) is 11.6 Å². The summed E-state index contributed by atoms with van der Waals surface area (Å²) in [5.74, 6) is 1.37. The van der Waals surface area contributed by atoms with Crippen molar-refractivity contribution in [2.45, 2.75) is 25.9 Å². The van der Waals surface area contributed by atoms with Crippen molar-refractivity contribution >= 4 is 44.9 Å². The monoisotopic (exact) mass is 501 g/mol. The van der Waals surface area contributed by atoms with Crippen molar-refractivity contribution in [3.8, 4) is 5.75 Å². The van der Waals surface area contributed by atoms with Gasteiger partial charge in [0.05, 0.1) is 19.0 Å². The van der Waals surface area contributed by atoms with Crippen LogP contribution in [0.4, 0.5) is 33.3 Å². The molecule has 32 heavy (non-hydrogen) atoms. The highest BCUT2D eigenvalue weighted by Crippen LogP contribution is 2.32. The minimum atomic E-state index is -0.524. The maximum Gasteiger partial charge on any atom is 0.227 e. The fourth-order valence-corrected chi connectivity index (χ4v) is 4.05. The molecule has 0 bridgehead atoms. The zero-order valence-electron chi connectivity index (χ0n) is 18.1. The standard InChI is InChI=1S/C22H25BrFN7O/c1-13-11-31(12-14(2)27-13)22-26-10-17(24)21(30-22)28-16-4-5-19(32-3)18(9-16)29-20-8-15(23)6-7-25-20/h4-10,13-14,27H,11-12H2,1-3H3,(H,25,29)(H,26,28,30)/t13-,14+. The minimum absolute atomic E-state index is 0.116. The molecule has 1 fully saturated rings. The fraction of sp³-hybridized carbons (Fsp3) is 0.318. The van der Waals surface area contributed by atoms with Crippen LogP contribution in [0, 0.1) is 5.82 Å². The Bertz CT molecular complexity index is 1090. The van der Waals surface area contributed by atoms with E-state index in [1.807, 2.05) is 18.2 Å². The average molecular weight is 502 g/mol. The average Bonchev–Trinajstić information content (AvgIpc) is 2.75. The van der Waals surface area contributed by atoms with E-state index in [1.165, 1.54) is 6.20 Å². The van der Waals surface area contributed by atoms with Crippen LogP contribution in [0.25, 0.3) is 0 Å². The van der Waals surface area contributed by atoms with Crippen LogP contribution in [0.1, 0.15) is 13.8 Å². The quantitative estimate of drug-likeness (QED) is 0.456. The van der Waals surface area contributed by atoms with Crippen LogP contribution in [-0.2, 0) is 0 Å². The summed E-state index contributed by atoms with van der Waals surface area (Å²) in [5.41, 5.74) is 1.33. The van der Waals surface area contributed by atoms with Crippen LogP contribution in [-0.4, -0.2) is 47.2 Å². The van der Waals surface area contributed by atoms with Crippen LogP contribution in [0.5, 0.6) is 5.75 Å². The SMILES string of the molecule is COc1ccc(Nc2nc(N3C[C@@H](C)N[C@@H](C)C3)ncc2F)cc1Nc1cc(Br)ccn1. The summed E-state index contributed by atoms with van der Waals surface area (Å²) in [7, 11) is 1.59. The molecule has 10 heteroatoms. The molecule has 2 atom stereocenters. The highest BCUT2D eigenvalue weighted by molar-refractivity contribution is 9.10. The number of nitrogens with zero attached hydrogens (tertiary/aromatic N) is 4. The second-order valence-electron chi connectivity index (χ2n) is 7.76. The van der Waals surface area contributed by atoms with Gasteiger partial charge < -0.3 is 25.6 Å². The van der Waals surface area contributed by atoms with Gasteiger partial charge in [-0.1, -0.05) is 15.9 Å². The van der Waals surface area contributed by atoms with Crippen molar-refractivity contribution in [1.29, 1.82) is 0 Å². The molecule has 0 aliphatic carbocycles. The molecule has 3 aromatic rings. The number of pyridine rings is 1. The van der Waals surface area contributed by atoms with Gasteiger partial charge in [-0.15, -0.1) is 0 Å². The third-order valence-corrected chi connectivity index (χ3v) is 5.51. The number of benzene rings is 1. The lowest BCUT2D eigenvalue weighted by Gasteiger charge is -2.36. The predicted octanol–water partition coefficient (Wildman–Crippen LogP) is 4.46. The molecule has 0 spiro atoms. The molecule has 0 radical (unpaired) electrons. The molecule has 1 aliphatic heterocycles. The molecule has 2 aromatic heterocycles. The molecule has 0 unspecified atom stereocenters. The lowest BCUT2D eigenvalue weighted by atomic mass is 10.1. The molecule has 1 aliphatic rings. The van der Waals surface area contributed by atoms with Crippen molar-refractivity contribution in [3.63, 3.8) is 0 Å². The van der Waals surface area contributed by atoms with E-state index in [4.69, 9.17) is 4.74 Å². The first kappa shape index (κ1) is 22.2. The van der Waals surface area contributed by atoms with Crippen molar-refractivity contribution in [1.82, 2.24) is 20.3 Å². The van der Waals surface area contributed by atoms with E-state index in [2.05, 4.69) is 65.6 Å². The molecular weight excluding hydrogens is 477 g/mol. The molecular formula is C22H25BrFN7O. The molecule has 0 amide bonds. The normalized spacial score (nSPS) is 18.3. The summed E-state index contributed by atoms with van der Waals surface area (Å²) in [5, 5.41) is 9.77. The number of aromatic nitrogens is 3. The van der Waals surface area contributed by atoms with Crippen LogP contribution in [0.2, 0.25) is 0 Å². The van der Waals surface area contributed by atoms with Crippen molar-refractivity contribution < 1.29 is 9.13 Å². The van der Waals surface area contributed by atoms with E-state index in [-0.39, 0.29) is 5.82 Å². The largest absolute Gasteiger partial charge is 0.495 e. The van der Waals surface area contributed by atoms with E-state index < -0.39 is 5.82 Å². The van der Waals surface area contributed by atoms with Crippen molar-refractivity contribution in [2.75, 3.05) is 35.7 Å². The molecule has 168 valence electrons. The third-order valence-electron chi connectivity index (χ3n) is 5.02. The number of anilines is 5. The Balaban J connectivity index is 1.58. The first-order valence-corrected chi connectivity index (χ1v) is 11.1. The first-order valence-electron chi connectivity index (χ1n) is 10.3. The second kappa shape index (κ2) is 9.66. The first-order chi connectivity index (χ1) is 15.4. The van der Waals surface area contributed by atoms with Crippen molar-refractivity contribution in [2.24, 2.45) is 0 Å². The van der Waals surface area contributed by atoms with Crippen LogP contribution < -0.4 is 25.6 Å². The van der Waals surface area contributed by atoms with Crippen LogP contribution in [0.3, 0.4) is 0 Å². The molecule has 0 saturated carbocycles. The van der Waals surface area contributed by atoms with E-state index in [0.717, 1.165) is 17.6 Å². The van der Waals surface area contributed by atoms with Gasteiger partial charge in [-0.2, -0.15) is 4.98 Å². The summed E-state index contributed by atoms with van der Waals surface area (Å²) >= 11 is 3.44. The fourth-order valence-electron chi connectivity index (χ4n) is 3.72. The Hall–Kier alpha value is -2.98. The Morgan fingerprint density at radius 1 is 1.12 bits per heavy atom. The molecule has 1 aromatic carbocycles. The van der Waals surface area contributed by atoms with Crippen molar-refractivity contribution in [3.05, 3.63) is 53.0 Å². The summed E-state index contributed by atoms with van der Waals surface area (Å²) < 4.78 is 20.9. The van der Waals surface area contributed by atoms with Gasteiger partial charge in [0.25, 0.3) is 0 Å². The lowest BCUT2D eigenvalue weighted by Crippen LogP contribution is -2.54. The molecule has 1 saturated heterocycles. The topological polar surface area (TPSA) is 87.2 Å².